The van der Waals surface area contributed by atoms with Crippen LogP contribution in [0.25, 0.3) is 0 Å². The Morgan fingerprint density at radius 2 is 1.48 bits per heavy atom. The standard InChI is InChI=1S/C19H15F3N2O3/c20-19(21,22)24(16(25)9-4-2-1-3-5-9)23-17(26)14-10-6-7-11(13-8-12(10)13)15(14)18(23)27/h1-7,10-15H,8H2/t10-,11+,12+,13-,14+,15-. The summed E-state index contributed by atoms with van der Waals surface area (Å²) in [4.78, 5) is 38.4. The summed E-state index contributed by atoms with van der Waals surface area (Å²) in [5.41, 5.74) is -0.241. The number of amides is 3. The van der Waals surface area contributed by atoms with E-state index < -0.39 is 40.9 Å². The molecule has 0 N–H and O–H groups in total. The molecule has 1 aliphatic heterocycles. The van der Waals surface area contributed by atoms with E-state index in [4.69, 9.17) is 0 Å². The van der Waals surface area contributed by atoms with Crippen LogP contribution in [0.3, 0.4) is 0 Å². The van der Waals surface area contributed by atoms with Crippen molar-refractivity contribution in [2.75, 3.05) is 0 Å². The highest BCUT2D eigenvalue weighted by Gasteiger charge is 2.69. The summed E-state index contributed by atoms with van der Waals surface area (Å²) < 4.78 is 41.3. The van der Waals surface area contributed by atoms with E-state index in [-0.39, 0.29) is 34.2 Å². The van der Waals surface area contributed by atoms with Gasteiger partial charge in [0.2, 0.25) is 0 Å². The molecule has 5 aliphatic rings. The van der Waals surface area contributed by atoms with Gasteiger partial charge in [0.05, 0.1) is 11.8 Å². The summed E-state index contributed by atoms with van der Waals surface area (Å²) in [7, 11) is 0. The first-order valence-electron chi connectivity index (χ1n) is 8.83. The summed E-state index contributed by atoms with van der Waals surface area (Å²) in [5, 5.41) is -0.557. The Hall–Kier alpha value is -2.64. The van der Waals surface area contributed by atoms with E-state index in [1.807, 2.05) is 12.2 Å². The highest BCUT2D eigenvalue weighted by atomic mass is 19.4. The Bertz CT molecular complexity index is 846. The topological polar surface area (TPSA) is 57.7 Å². The summed E-state index contributed by atoms with van der Waals surface area (Å²) in [5.74, 6) is -4.78. The highest BCUT2D eigenvalue weighted by Crippen LogP contribution is 2.65. The molecule has 1 heterocycles. The second kappa shape index (κ2) is 5.21. The SMILES string of the molecule is O=C1[C@@H]2[C@H]3C=C[C@H]([C@@H]4C[C@H]34)[C@@H]2C(=O)N1N(C(=O)c1ccccc1)C(F)(F)F. The Kier molecular flexibility index (Phi) is 3.19. The summed E-state index contributed by atoms with van der Waals surface area (Å²) in [6, 6.07) is 6.85. The molecule has 1 aromatic carbocycles. The van der Waals surface area contributed by atoms with Crippen molar-refractivity contribution in [3.05, 3.63) is 48.0 Å². The van der Waals surface area contributed by atoms with Gasteiger partial charge in [0, 0.05) is 5.56 Å². The van der Waals surface area contributed by atoms with Crippen LogP contribution in [0.1, 0.15) is 16.8 Å². The van der Waals surface area contributed by atoms with E-state index in [0.29, 0.717) is 0 Å². The molecule has 1 saturated heterocycles. The van der Waals surface area contributed by atoms with Crippen LogP contribution in [-0.2, 0) is 9.59 Å². The lowest BCUT2D eigenvalue weighted by Gasteiger charge is -2.37. The third-order valence-corrected chi connectivity index (χ3v) is 6.29. The van der Waals surface area contributed by atoms with Gasteiger partial charge in [-0.05, 0) is 42.2 Å². The molecule has 1 aromatic rings. The second-order valence-corrected chi connectivity index (χ2v) is 7.59. The zero-order valence-electron chi connectivity index (χ0n) is 14.0. The minimum atomic E-state index is -5.19. The molecule has 3 fully saturated rings. The first-order valence-corrected chi connectivity index (χ1v) is 8.83. The van der Waals surface area contributed by atoms with Crippen molar-refractivity contribution in [3.8, 4) is 0 Å². The molecular weight excluding hydrogens is 361 g/mol. The van der Waals surface area contributed by atoms with Crippen LogP contribution in [0.15, 0.2) is 42.5 Å². The Balaban J connectivity index is 1.55. The number of imide groups is 1. The fourth-order valence-electron chi connectivity index (χ4n) is 5.16. The third-order valence-electron chi connectivity index (χ3n) is 6.29. The van der Waals surface area contributed by atoms with Gasteiger partial charge in [-0.15, -0.1) is 18.2 Å². The van der Waals surface area contributed by atoms with Gasteiger partial charge in [-0.1, -0.05) is 30.4 Å². The molecule has 8 heteroatoms. The van der Waals surface area contributed by atoms with Crippen molar-refractivity contribution < 1.29 is 27.6 Å². The molecule has 2 saturated carbocycles. The molecule has 3 amide bonds. The van der Waals surface area contributed by atoms with E-state index in [2.05, 4.69) is 0 Å². The van der Waals surface area contributed by atoms with Crippen molar-refractivity contribution in [1.29, 1.82) is 0 Å². The third kappa shape index (κ3) is 2.15. The number of hydrazine groups is 1. The molecule has 0 spiro atoms. The number of rotatable bonds is 2. The van der Waals surface area contributed by atoms with Gasteiger partial charge >= 0.3 is 6.30 Å². The number of nitrogens with zero attached hydrogens (tertiary/aromatic N) is 2. The summed E-state index contributed by atoms with van der Waals surface area (Å²) in [6.45, 7) is 0. The number of hydrogen-bond donors (Lipinski definition) is 0. The lowest BCUT2D eigenvalue weighted by atomic mass is 9.63. The van der Waals surface area contributed by atoms with Crippen LogP contribution in [0.2, 0.25) is 0 Å². The number of carbonyl (C=O) groups is 3. The summed E-state index contributed by atoms with van der Waals surface area (Å²) >= 11 is 0. The number of halogens is 3. The zero-order chi connectivity index (χ0) is 19.1. The van der Waals surface area contributed by atoms with Crippen molar-refractivity contribution in [1.82, 2.24) is 10.0 Å². The van der Waals surface area contributed by atoms with Crippen LogP contribution >= 0.6 is 0 Å². The highest BCUT2D eigenvalue weighted by molar-refractivity contribution is 6.08. The predicted molar refractivity (Wildman–Crippen MR) is 85.2 cm³/mol. The zero-order valence-corrected chi connectivity index (χ0v) is 14.0. The van der Waals surface area contributed by atoms with Crippen LogP contribution in [0.5, 0.6) is 0 Å². The van der Waals surface area contributed by atoms with Crippen molar-refractivity contribution in [3.63, 3.8) is 0 Å². The number of alkyl halides is 3. The first-order chi connectivity index (χ1) is 12.8. The van der Waals surface area contributed by atoms with Crippen molar-refractivity contribution in [2.24, 2.45) is 35.5 Å². The molecule has 4 aliphatic carbocycles. The van der Waals surface area contributed by atoms with E-state index in [1.54, 1.807) is 6.07 Å². The Labute approximate surface area is 152 Å². The van der Waals surface area contributed by atoms with E-state index in [1.165, 1.54) is 24.3 Å². The van der Waals surface area contributed by atoms with Gasteiger partial charge in [-0.2, -0.15) is 5.01 Å². The lowest BCUT2D eigenvalue weighted by molar-refractivity contribution is -0.275. The fraction of sp³-hybridized carbons (Fsp3) is 0.421. The van der Waals surface area contributed by atoms with Gasteiger partial charge in [0.15, 0.2) is 0 Å². The first kappa shape index (κ1) is 16.5. The normalized spacial score (nSPS) is 35.9. The largest absolute Gasteiger partial charge is 0.506 e. The number of allylic oxidation sites excluding steroid dienone is 2. The number of hydrogen-bond acceptors (Lipinski definition) is 3. The molecule has 140 valence electrons. The maximum absolute atomic E-state index is 13.8. The monoisotopic (exact) mass is 376 g/mol. The van der Waals surface area contributed by atoms with Gasteiger partial charge < -0.3 is 0 Å². The predicted octanol–water partition coefficient (Wildman–Crippen LogP) is 2.62. The average molecular weight is 376 g/mol. The van der Waals surface area contributed by atoms with E-state index in [9.17, 15) is 27.6 Å². The molecule has 0 unspecified atom stereocenters. The lowest BCUT2D eigenvalue weighted by Crippen LogP contribution is -2.57. The molecule has 0 radical (unpaired) electrons. The molecule has 27 heavy (non-hydrogen) atoms. The number of benzene rings is 1. The quantitative estimate of drug-likeness (QED) is 0.453. The van der Waals surface area contributed by atoms with Gasteiger partial charge in [0.1, 0.15) is 0 Å². The minimum absolute atomic E-state index is 0.0580. The van der Waals surface area contributed by atoms with Gasteiger partial charge in [-0.3, -0.25) is 14.4 Å². The van der Waals surface area contributed by atoms with Crippen LogP contribution in [0.4, 0.5) is 13.2 Å². The molecule has 6 atom stereocenters. The maximum atomic E-state index is 13.8. The molecular formula is C19H15F3N2O3. The maximum Gasteiger partial charge on any atom is 0.506 e. The van der Waals surface area contributed by atoms with Crippen LogP contribution < -0.4 is 0 Å². The fourth-order valence-corrected chi connectivity index (χ4v) is 5.16. The van der Waals surface area contributed by atoms with E-state index >= 15 is 0 Å². The van der Waals surface area contributed by atoms with Crippen molar-refractivity contribution in [2.45, 2.75) is 12.7 Å². The smallest absolute Gasteiger partial charge is 0.272 e. The summed E-state index contributed by atoms with van der Waals surface area (Å²) in [6.07, 6.45) is -0.555. The molecule has 6 rings (SSSR count). The minimum Gasteiger partial charge on any atom is -0.272 e. The van der Waals surface area contributed by atoms with Crippen molar-refractivity contribution >= 4 is 17.7 Å². The average Bonchev–Trinajstić information content (AvgIpc) is 3.42. The Morgan fingerprint density at radius 3 is 1.96 bits per heavy atom. The number of carbonyl (C=O) groups excluding carboxylic acids is 3. The van der Waals surface area contributed by atoms with Crippen LogP contribution in [-0.4, -0.2) is 34.0 Å². The van der Waals surface area contributed by atoms with Gasteiger partial charge in [-0.25, -0.2) is 0 Å². The van der Waals surface area contributed by atoms with Gasteiger partial charge in [0.25, 0.3) is 17.7 Å². The molecule has 2 bridgehead atoms. The van der Waals surface area contributed by atoms with E-state index in [0.717, 1.165) is 6.42 Å². The second-order valence-electron chi connectivity index (χ2n) is 7.59. The molecule has 5 nitrogen and oxygen atoms in total. The molecule has 0 aromatic heterocycles. The van der Waals surface area contributed by atoms with Crippen LogP contribution in [0, 0.1) is 35.5 Å². The Morgan fingerprint density at radius 1 is 0.963 bits per heavy atom.